The van der Waals surface area contributed by atoms with Crippen molar-refractivity contribution in [1.29, 1.82) is 0 Å². The second-order valence-electron chi connectivity index (χ2n) is 4.79. The molecular formula is C14H14BrFN2O3. The van der Waals surface area contributed by atoms with Crippen molar-refractivity contribution >= 4 is 39.5 Å². The average molecular weight is 357 g/mol. The first kappa shape index (κ1) is 15.6. The number of urea groups is 1. The first-order valence-corrected chi connectivity index (χ1v) is 7.31. The molecule has 1 aliphatic heterocycles. The van der Waals surface area contributed by atoms with Crippen LogP contribution >= 0.6 is 15.9 Å². The fourth-order valence-electron chi connectivity index (χ4n) is 2.41. The summed E-state index contributed by atoms with van der Waals surface area (Å²) in [7, 11) is 0. The van der Waals surface area contributed by atoms with E-state index in [0.29, 0.717) is 0 Å². The Kier molecular flexibility index (Phi) is 4.13. The highest BCUT2D eigenvalue weighted by atomic mass is 79.9. The van der Waals surface area contributed by atoms with E-state index in [1.165, 1.54) is 12.1 Å². The topological polar surface area (TPSA) is 66.5 Å². The number of nitrogens with one attached hydrogen (secondary N) is 1. The third-order valence-electron chi connectivity index (χ3n) is 3.84. The van der Waals surface area contributed by atoms with Gasteiger partial charge in [0.05, 0.1) is 10.2 Å². The van der Waals surface area contributed by atoms with Gasteiger partial charge in [-0.25, -0.2) is 14.1 Å². The van der Waals surface area contributed by atoms with Crippen molar-refractivity contribution < 1.29 is 18.8 Å². The minimum absolute atomic E-state index is 0.135. The Balaban J connectivity index is 2.51. The standard InChI is InChI=1S/C14H14BrFN2O3/c1-3-14(4-2)11(19)17-13(21)18(12(14)20)8-5-6-10(16)9(15)7-8/h5-7H,3-4H2,1-2H3,(H,17,19,21). The van der Waals surface area contributed by atoms with Gasteiger partial charge in [-0.15, -0.1) is 0 Å². The van der Waals surface area contributed by atoms with Crippen LogP contribution in [0.2, 0.25) is 0 Å². The predicted molar refractivity (Wildman–Crippen MR) is 78.1 cm³/mol. The van der Waals surface area contributed by atoms with E-state index in [1.807, 2.05) is 0 Å². The van der Waals surface area contributed by atoms with Crippen molar-refractivity contribution in [3.05, 3.63) is 28.5 Å². The monoisotopic (exact) mass is 356 g/mol. The quantitative estimate of drug-likeness (QED) is 0.846. The molecule has 0 bridgehead atoms. The number of hydrogen-bond donors (Lipinski definition) is 1. The van der Waals surface area contributed by atoms with Crippen LogP contribution in [-0.2, 0) is 9.59 Å². The predicted octanol–water partition coefficient (Wildman–Crippen LogP) is 2.98. The number of carbonyl (C=O) groups excluding carboxylic acids is 3. The second kappa shape index (κ2) is 5.55. The van der Waals surface area contributed by atoms with Crippen LogP contribution in [0.4, 0.5) is 14.9 Å². The van der Waals surface area contributed by atoms with E-state index in [9.17, 15) is 18.8 Å². The van der Waals surface area contributed by atoms with Gasteiger partial charge in [0.2, 0.25) is 5.91 Å². The van der Waals surface area contributed by atoms with Crippen LogP contribution in [0, 0.1) is 11.2 Å². The summed E-state index contributed by atoms with van der Waals surface area (Å²) in [5.74, 6) is -1.67. The maximum Gasteiger partial charge on any atom is 0.335 e. The first-order chi connectivity index (χ1) is 9.87. The maximum absolute atomic E-state index is 13.3. The lowest BCUT2D eigenvalue weighted by molar-refractivity contribution is -0.143. The molecule has 112 valence electrons. The molecule has 0 aliphatic carbocycles. The van der Waals surface area contributed by atoms with Gasteiger partial charge >= 0.3 is 6.03 Å². The summed E-state index contributed by atoms with van der Waals surface area (Å²) >= 11 is 3.02. The molecule has 0 atom stereocenters. The summed E-state index contributed by atoms with van der Waals surface area (Å²) in [6.45, 7) is 3.44. The number of halogens is 2. The summed E-state index contributed by atoms with van der Waals surface area (Å²) in [6.07, 6.45) is 0.556. The molecule has 0 aromatic heterocycles. The molecule has 1 aliphatic rings. The van der Waals surface area contributed by atoms with Gasteiger partial charge in [0.1, 0.15) is 11.2 Å². The van der Waals surface area contributed by atoms with Crippen molar-refractivity contribution in [1.82, 2.24) is 5.32 Å². The van der Waals surface area contributed by atoms with Crippen LogP contribution in [0.1, 0.15) is 26.7 Å². The maximum atomic E-state index is 13.3. The van der Waals surface area contributed by atoms with Gasteiger partial charge in [-0.3, -0.25) is 14.9 Å². The number of barbiturate groups is 1. The summed E-state index contributed by atoms with van der Waals surface area (Å²) in [6, 6.07) is 2.99. The van der Waals surface area contributed by atoms with Gasteiger partial charge in [0, 0.05) is 0 Å². The molecule has 1 N–H and O–H groups in total. The zero-order valence-corrected chi connectivity index (χ0v) is 13.2. The minimum Gasteiger partial charge on any atom is -0.276 e. The number of amides is 4. The number of benzene rings is 1. The number of carbonyl (C=O) groups is 3. The molecule has 1 aromatic rings. The minimum atomic E-state index is -1.27. The van der Waals surface area contributed by atoms with Crippen LogP contribution < -0.4 is 10.2 Å². The Morgan fingerprint density at radius 2 is 1.86 bits per heavy atom. The van der Waals surface area contributed by atoms with Crippen molar-refractivity contribution in [3.8, 4) is 0 Å². The molecule has 0 radical (unpaired) electrons. The number of nitrogens with zero attached hydrogens (tertiary/aromatic N) is 1. The van der Waals surface area contributed by atoms with Crippen LogP contribution in [0.5, 0.6) is 0 Å². The summed E-state index contributed by atoms with van der Waals surface area (Å²) in [5.41, 5.74) is -1.06. The lowest BCUT2D eigenvalue weighted by Crippen LogP contribution is -2.63. The Morgan fingerprint density at radius 3 is 2.38 bits per heavy atom. The van der Waals surface area contributed by atoms with Crippen LogP contribution in [-0.4, -0.2) is 17.8 Å². The number of imide groups is 2. The smallest absolute Gasteiger partial charge is 0.276 e. The SMILES string of the molecule is CCC1(CC)C(=O)NC(=O)N(c2ccc(F)c(Br)c2)C1=O. The van der Waals surface area contributed by atoms with E-state index in [4.69, 9.17) is 0 Å². The molecule has 1 saturated heterocycles. The Hall–Kier alpha value is -1.76. The van der Waals surface area contributed by atoms with Crippen molar-refractivity contribution in [3.63, 3.8) is 0 Å². The molecule has 1 heterocycles. The van der Waals surface area contributed by atoms with Crippen molar-refractivity contribution in [2.24, 2.45) is 5.41 Å². The highest BCUT2D eigenvalue weighted by Crippen LogP contribution is 2.35. The van der Waals surface area contributed by atoms with E-state index in [0.717, 1.165) is 11.0 Å². The second-order valence-corrected chi connectivity index (χ2v) is 5.64. The largest absolute Gasteiger partial charge is 0.335 e. The van der Waals surface area contributed by atoms with Gasteiger partial charge in [0.15, 0.2) is 0 Å². The van der Waals surface area contributed by atoms with E-state index in [1.54, 1.807) is 13.8 Å². The average Bonchev–Trinajstić information content (AvgIpc) is 2.44. The molecule has 1 fully saturated rings. The lowest BCUT2D eigenvalue weighted by atomic mass is 9.78. The van der Waals surface area contributed by atoms with Gasteiger partial charge < -0.3 is 0 Å². The highest BCUT2D eigenvalue weighted by Gasteiger charge is 2.51. The molecule has 21 heavy (non-hydrogen) atoms. The van der Waals surface area contributed by atoms with Crippen LogP contribution in [0.3, 0.4) is 0 Å². The third kappa shape index (κ3) is 2.35. The fourth-order valence-corrected chi connectivity index (χ4v) is 2.77. The summed E-state index contributed by atoms with van der Waals surface area (Å²) in [4.78, 5) is 37.6. The molecule has 5 nitrogen and oxygen atoms in total. The van der Waals surface area contributed by atoms with Crippen molar-refractivity contribution in [2.45, 2.75) is 26.7 Å². The lowest BCUT2D eigenvalue weighted by Gasteiger charge is -2.38. The van der Waals surface area contributed by atoms with E-state index < -0.39 is 29.1 Å². The Labute approximate surface area is 129 Å². The van der Waals surface area contributed by atoms with Gasteiger partial charge in [0.25, 0.3) is 5.91 Å². The molecule has 2 rings (SSSR count). The molecule has 1 aromatic carbocycles. The molecular weight excluding hydrogens is 343 g/mol. The molecule has 0 spiro atoms. The molecule has 0 saturated carbocycles. The highest BCUT2D eigenvalue weighted by molar-refractivity contribution is 9.10. The number of rotatable bonds is 3. The van der Waals surface area contributed by atoms with E-state index in [-0.39, 0.29) is 23.0 Å². The normalized spacial score (nSPS) is 17.9. The molecule has 7 heteroatoms. The summed E-state index contributed by atoms with van der Waals surface area (Å²) < 4.78 is 13.4. The Bertz CT molecular complexity index is 629. The van der Waals surface area contributed by atoms with Gasteiger partial charge in [-0.05, 0) is 47.0 Å². The van der Waals surface area contributed by atoms with Crippen LogP contribution in [0.15, 0.2) is 22.7 Å². The number of anilines is 1. The van der Waals surface area contributed by atoms with Gasteiger partial charge in [-0.1, -0.05) is 13.8 Å². The summed E-state index contributed by atoms with van der Waals surface area (Å²) in [5, 5.41) is 2.20. The number of hydrogen-bond acceptors (Lipinski definition) is 3. The van der Waals surface area contributed by atoms with E-state index >= 15 is 0 Å². The Morgan fingerprint density at radius 1 is 1.24 bits per heavy atom. The molecule has 4 amide bonds. The zero-order valence-electron chi connectivity index (χ0n) is 11.6. The fraction of sp³-hybridized carbons (Fsp3) is 0.357. The van der Waals surface area contributed by atoms with Gasteiger partial charge in [-0.2, -0.15) is 0 Å². The first-order valence-electron chi connectivity index (χ1n) is 6.52. The third-order valence-corrected chi connectivity index (χ3v) is 4.45. The molecule has 0 unspecified atom stereocenters. The zero-order chi connectivity index (χ0) is 15.8. The van der Waals surface area contributed by atoms with E-state index in [2.05, 4.69) is 21.2 Å². The van der Waals surface area contributed by atoms with Crippen molar-refractivity contribution in [2.75, 3.05) is 4.90 Å². The van der Waals surface area contributed by atoms with Crippen LogP contribution in [0.25, 0.3) is 0 Å².